The molecule has 3 fully saturated rings. The zero-order chi connectivity index (χ0) is 26.4. The molecule has 2 saturated heterocycles. The van der Waals surface area contributed by atoms with Crippen LogP contribution in [-0.2, 0) is 16.1 Å². The van der Waals surface area contributed by atoms with Crippen molar-refractivity contribution >= 4 is 28.5 Å². The largest absolute Gasteiger partial charge is 0.388 e. The summed E-state index contributed by atoms with van der Waals surface area (Å²) in [6.07, 6.45) is 7.61. The second-order valence-electron chi connectivity index (χ2n) is 11.0. The fraction of sp³-hybridized carbons (Fsp3) is 0.519. The van der Waals surface area contributed by atoms with Crippen molar-refractivity contribution in [3.63, 3.8) is 0 Å². The first-order valence-electron chi connectivity index (χ1n) is 13.4. The minimum absolute atomic E-state index is 0.00801. The zero-order valence-electron chi connectivity index (χ0n) is 21.5. The summed E-state index contributed by atoms with van der Waals surface area (Å²) in [5.41, 5.74) is 0.502. The number of fused-ring (bicyclic) bond motifs is 1. The number of hydrogen-bond acceptors (Lipinski definition) is 7. The highest BCUT2D eigenvalue weighted by Gasteiger charge is 2.39. The summed E-state index contributed by atoms with van der Waals surface area (Å²) < 4.78 is 3.03. The normalized spacial score (nSPS) is 21.6. The maximum atomic E-state index is 13.2. The molecule has 1 atom stereocenters. The van der Waals surface area contributed by atoms with E-state index < -0.39 is 5.60 Å². The van der Waals surface area contributed by atoms with Crippen molar-refractivity contribution in [3.8, 4) is 5.69 Å². The standard InChI is InChI=1S/C27H33N7O4/c1-31-12-2-3-22(31)24(35)30-19-6-8-20(9-7-19)34-23-21(15-29-34)26(37)33(17-28-23)16-27(38)10-13-32(14-11-27)25(36)18-4-5-18/h6-9,15,17-18,22,38H,2-5,10-14,16H2,1H3,(H,30,35). The van der Waals surface area contributed by atoms with Crippen LogP contribution in [0.3, 0.4) is 0 Å². The van der Waals surface area contributed by atoms with E-state index in [1.54, 1.807) is 4.68 Å². The second-order valence-corrected chi connectivity index (χ2v) is 11.0. The molecule has 2 aromatic heterocycles. The van der Waals surface area contributed by atoms with Gasteiger partial charge >= 0.3 is 0 Å². The number of anilines is 1. The average molecular weight is 520 g/mol. The number of carbonyl (C=O) groups is 2. The Balaban J connectivity index is 1.15. The molecule has 11 heteroatoms. The summed E-state index contributed by atoms with van der Waals surface area (Å²) in [7, 11) is 1.96. The molecule has 2 aliphatic heterocycles. The zero-order valence-corrected chi connectivity index (χ0v) is 21.5. The highest BCUT2D eigenvalue weighted by molar-refractivity contribution is 5.95. The smallest absolute Gasteiger partial charge is 0.264 e. The van der Waals surface area contributed by atoms with Crippen molar-refractivity contribution < 1.29 is 14.7 Å². The monoisotopic (exact) mass is 519 g/mol. The van der Waals surface area contributed by atoms with Crippen LogP contribution in [0.25, 0.3) is 16.7 Å². The second kappa shape index (κ2) is 9.63. The first-order valence-corrected chi connectivity index (χ1v) is 13.4. The molecule has 1 aliphatic carbocycles. The lowest BCUT2D eigenvalue weighted by molar-refractivity contribution is -0.137. The third-order valence-electron chi connectivity index (χ3n) is 8.15. The molecule has 11 nitrogen and oxygen atoms in total. The molecule has 0 spiro atoms. The predicted octanol–water partition coefficient (Wildman–Crippen LogP) is 1.38. The number of nitrogens with one attached hydrogen (secondary N) is 1. The minimum Gasteiger partial charge on any atom is -0.388 e. The lowest BCUT2D eigenvalue weighted by atomic mass is 9.91. The van der Waals surface area contributed by atoms with E-state index in [1.165, 1.54) is 17.1 Å². The predicted molar refractivity (Wildman–Crippen MR) is 141 cm³/mol. The molecule has 2 amide bonds. The van der Waals surface area contributed by atoms with Crippen molar-refractivity contribution in [2.75, 3.05) is 32.0 Å². The number of aliphatic hydroxyl groups is 1. The Morgan fingerprint density at radius 2 is 1.84 bits per heavy atom. The molecule has 0 radical (unpaired) electrons. The topological polar surface area (TPSA) is 126 Å². The van der Waals surface area contributed by atoms with E-state index in [0.29, 0.717) is 48.3 Å². The van der Waals surface area contributed by atoms with Crippen LogP contribution >= 0.6 is 0 Å². The van der Waals surface area contributed by atoms with Crippen LogP contribution in [0.5, 0.6) is 0 Å². The van der Waals surface area contributed by atoms with E-state index in [9.17, 15) is 19.5 Å². The Labute approximate surface area is 220 Å². The van der Waals surface area contributed by atoms with Crippen molar-refractivity contribution in [3.05, 3.63) is 47.1 Å². The Bertz CT molecular complexity index is 1420. The van der Waals surface area contributed by atoms with E-state index in [4.69, 9.17) is 0 Å². The van der Waals surface area contributed by atoms with E-state index in [-0.39, 0.29) is 35.9 Å². The fourth-order valence-electron chi connectivity index (χ4n) is 5.61. The molecule has 38 heavy (non-hydrogen) atoms. The molecule has 200 valence electrons. The van der Waals surface area contributed by atoms with Crippen molar-refractivity contribution in [2.45, 2.75) is 56.7 Å². The van der Waals surface area contributed by atoms with Gasteiger partial charge in [0.25, 0.3) is 5.56 Å². The third-order valence-corrected chi connectivity index (χ3v) is 8.15. The van der Waals surface area contributed by atoms with E-state index in [1.807, 2.05) is 36.2 Å². The number of piperidine rings is 1. The van der Waals surface area contributed by atoms with Crippen LogP contribution in [0.2, 0.25) is 0 Å². The summed E-state index contributed by atoms with van der Waals surface area (Å²) in [6.45, 7) is 2.05. The maximum Gasteiger partial charge on any atom is 0.264 e. The van der Waals surface area contributed by atoms with Crippen LogP contribution in [0, 0.1) is 5.92 Å². The van der Waals surface area contributed by atoms with Gasteiger partial charge in [0, 0.05) is 24.7 Å². The van der Waals surface area contributed by atoms with Crippen molar-refractivity contribution in [2.24, 2.45) is 5.92 Å². The summed E-state index contributed by atoms with van der Waals surface area (Å²) in [5, 5.41) is 18.9. The number of rotatable bonds is 6. The SMILES string of the molecule is CN1CCCC1C(=O)Nc1ccc(-n2ncc3c(=O)n(CC4(O)CCN(C(=O)C5CC5)CC4)cnc32)cc1. The average Bonchev–Trinajstić information content (AvgIpc) is 3.53. The van der Waals surface area contributed by atoms with Crippen LogP contribution < -0.4 is 10.9 Å². The van der Waals surface area contributed by atoms with Gasteiger partial charge in [-0.1, -0.05) is 0 Å². The summed E-state index contributed by atoms with van der Waals surface area (Å²) in [5.74, 6) is 0.351. The van der Waals surface area contributed by atoms with E-state index in [2.05, 4.69) is 20.3 Å². The van der Waals surface area contributed by atoms with Crippen LogP contribution in [-0.4, -0.2) is 84.4 Å². The van der Waals surface area contributed by atoms with Gasteiger partial charge in [-0.15, -0.1) is 0 Å². The summed E-state index contributed by atoms with van der Waals surface area (Å²) in [4.78, 5) is 46.5. The third kappa shape index (κ3) is 4.71. The van der Waals surface area contributed by atoms with Gasteiger partial charge in [-0.05, 0) is 76.4 Å². The van der Waals surface area contributed by atoms with Crippen molar-refractivity contribution in [1.82, 2.24) is 29.1 Å². The van der Waals surface area contributed by atoms with Gasteiger partial charge in [0.2, 0.25) is 11.8 Å². The highest BCUT2D eigenvalue weighted by Crippen LogP contribution is 2.33. The Kier molecular flexibility index (Phi) is 6.27. The molecule has 3 aliphatic rings. The molecule has 4 heterocycles. The molecule has 1 unspecified atom stereocenters. The summed E-state index contributed by atoms with van der Waals surface area (Å²) >= 11 is 0. The van der Waals surface area contributed by atoms with Crippen LogP contribution in [0.4, 0.5) is 5.69 Å². The van der Waals surface area contributed by atoms with Gasteiger partial charge in [-0.2, -0.15) is 5.10 Å². The fourth-order valence-corrected chi connectivity index (χ4v) is 5.61. The minimum atomic E-state index is -1.07. The van der Waals surface area contributed by atoms with Gasteiger partial charge in [-0.3, -0.25) is 23.9 Å². The number of carbonyl (C=O) groups excluding carboxylic acids is 2. The molecule has 1 aromatic carbocycles. The molecular formula is C27H33N7O4. The van der Waals surface area contributed by atoms with Crippen molar-refractivity contribution in [1.29, 1.82) is 0 Å². The lowest BCUT2D eigenvalue weighted by Crippen LogP contribution is -2.50. The number of benzene rings is 1. The van der Waals surface area contributed by atoms with Crippen LogP contribution in [0.1, 0.15) is 38.5 Å². The Morgan fingerprint density at radius 1 is 1.11 bits per heavy atom. The number of likely N-dealkylation sites (tertiary alicyclic amines) is 2. The van der Waals surface area contributed by atoms with E-state index >= 15 is 0 Å². The number of likely N-dealkylation sites (N-methyl/N-ethyl adjacent to an activating group) is 1. The molecule has 3 aromatic rings. The number of amides is 2. The van der Waals surface area contributed by atoms with Gasteiger partial charge in [0.1, 0.15) is 11.7 Å². The number of nitrogens with zero attached hydrogens (tertiary/aromatic N) is 6. The first kappa shape index (κ1) is 24.7. The number of aromatic nitrogens is 4. The molecule has 2 N–H and O–H groups in total. The summed E-state index contributed by atoms with van der Waals surface area (Å²) in [6, 6.07) is 7.17. The van der Waals surface area contributed by atoms with Crippen LogP contribution in [0.15, 0.2) is 41.6 Å². The Morgan fingerprint density at radius 3 is 2.50 bits per heavy atom. The quantitative estimate of drug-likeness (QED) is 0.504. The number of hydrogen-bond donors (Lipinski definition) is 2. The maximum absolute atomic E-state index is 13.2. The van der Waals surface area contributed by atoms with Gasteiger partial charge < -0.3 is 15.3 Å². The molecule has 6 rings (SSSR count). The highest BCUT2D eigenvalue weighted by atomic mass is 16.3. The van der Waals surface area contributed by atoms with E-state index in [0.717, 1.165) is 32.2 Å². The molecule has 1 saturated carbocycles. The van der Waals surface area contributed by atoms with Gasteiger partial charge in [-0.25, -0.2) is 9.67 Å². The van der Waals surface area contributed by atoms with Gasteiger partial charge in [0.05, 0.1) is 30.1 Å². The first-order chi connectivity index (χ1) is 18.3. The van der Waals surface area contributed by atoms with Gasteiger partial charge in [0.15, 0.2) is 5.65 Å². The Hall–Kier alpha value is -3.57. The lowest BCUT2D eigenvalue weighted by Gasteiger charge is -2.38. The molecule has 0 bridgehead atoms. The molecular weight excluding hydrogens is 486 g/mol.